The Morgan fingerprint density at radius 3 is 2.70 bits per heavy atom. The summed E-state index contributed by atoms with van der Waals surface area (Å²) in [6.07, 6.45) is 3.23. The maximum atomic E-state index is 14.7. The second-order valence-corrected chi connectivity index (χ2v) is 8.89. The Morgan fingerprint density at radius 2 is 2.00 bits per heavy atom. The molecule has 4 rings (SSSR count). The van der Waals surface area contributed by atoms with Crippen LogP contribution in [0.2, 0.25) is 0 Å². The van der Waals surface area contributed by atoms with Crippen molar-refractivity contribution >= 4 is 29.2 Å². The fourth-order valence-corrected chi connectivity index (χ4v) is 4.65. The predicted molar refractivity (Wildman–Crippen MR) is 143 cm³/mol. The third-order valence-corrected chi connectivity index (χ3v) is 6.74. The minimum absolute atomic E-state index is 0.155. The van der Waals surface area contributed by atoms with E-state index in [0.717, 1.165) is 30.9 Å². The number of H-pyrrole nitrogens is 1. The number of nitrogens with one attached hydrogen (secondary N) is 3. The number of aromatic nitrogens is 2. The van der Waals surface area contributed by atoms with Crippen molar-refractivity contribution in [1.29, 1.82) is 0 Å². The number of benzene rings is 1. The zero-order valence-corrected chi connectivity index (χ0v) is 21.8. The lowest BCUT2D eigenvalue weighted by Gasteiger charge is -2.18. The minimum atomic E-state index is -0.470. The molecule has 0 unspecified atom stereocenters. The Kier molecular flexibility index (Phi) is 7.73. The Balaban J connectivity index is 1.66. The number of hydrogen-bond acceptors (Lipinski definition) is 5. The molecule has 3 N–H and O–H groups in total. The lowest BCUT2D eigenvalue weighted by molar-refractivity contribution is -0.110. The third-order valence-electron chi connectivity index (χ3n) is 6.74. The first-order chi connectivity index (χ1) is 17.8. The van der Waals surface area contributed by atoms with Crippen LogP contribution < -0.4 is 15.4 Å². The quantitative estimate of drug-likeness (QED) is 0.374. The van der Waals surface area contributed by atoms with Gasteiger partial charge in [0.05, 0.1) is 41.4 Å². The molecule has 9 heteroatoms. The fraction of sp³-hybridized carbons (Fsp3) is 0.321. The maximum absolute atomic E-state index is 14.7. The van der Waals surface area contributed by atoms with E-state index in [1.54, 1.807) is 24.3 Å². The van der Waals surface area contributed by atoms with Crippen LogP contribution in [0.1, 0.15) is 46.7 Å². The fourth-order valence-electron chi connectivity index (χ4n) is 4.65. The highest BCUT2D eigenvalue weighted by Crippen LogP contribution is 2.38. The smallest absolute Gasteiger partial charge is 0.256 e. The van der Waals surface area contributed by atoms with Gasteiger partial charge in [0.2, 0.25) is 0 Å². The van der Waals surface area contributed by atoms with E-state index in [4.69, 9.17) is 4.74 Å². The van der Waals surface area contributed by atoms with E-state index >= 15 is 0 Å². The molecule has 37 heavy (non-hydrogen) atoms. The Labute approximate surface area is 215 Å². The van der Waals surface area contributed by atoms with Crippen LogP contribution in [0.4, 0.5) is 10.1 Å². The van der Waals surface area contributed by atoms with Crippen LogP contribution in [-0.2, 0) is 4.79 Å². The first-order valence-corrected chi connectivity index (χ1v) is 12.3. The molecule has 0 bridgehead atoms. The van der Waals surface area contributed by atoms with Crippen LogP contribution in [0.3, 0.4) is 0 Å². The van der Waals surface area contributed by atoms with Gasteiger partial charge in [-0.25, -0.2) is 4.39 Å². The molecule has 8 nitrogen and oxygen atoms in total. The number of methoxy groups -OCH3 is 1. The van der Waals surface area contributed by atoms with Crippen molar-refractivity contribution in [3.05, 3.63) is 64.4 Å². The van der Waals surface area contributed by atoms with Crippen LogP contribution in [-0.4, -0.2) is 60.0 Å². The molecule has 2 aromatic heterocycles. The van der Waals surface area contributed by atoms with Crippen LogP contribution in [0.5, 0.6) is 5.75 Å². The lowest BCUT2D eigenvalue weighted by Crippen LogP contribution is -2.35. The topological polar surface area (TPSA) is 99.4 Å². The molecule has 2 amide bonds. The SMILES string of the molecule is CCN(CC)CCNC(=O)c1c(C)[nH]c(/C=C2\C(=O)Nc3cnc(-c4c(F)cccc4OC)cc32)c1C. The first-order valence-electron chi connectivity index (χ1n) is 12.3. The van der Waals surface area contributed by atoms with Gasteiger partial charge in [-0.15, -0.1) is 0 Å². The molecule has 0 spiro atoms. The van der Waals surface area contributed by atoms with Crippen LogP contribution >= 0.6 is 0 Å². The van der Waals surface area contributed by atoms with E-state index in [1.807, 2.05) is 13.8 Å². The largest absolute Gasteiger partial charge is 0.496 e. The standard InChI is InChI=1S/C28H32FN5O3/c1-6-34(7-2)12-11-30-28(36)25-16(3)21(32-17(25)4)14-19-18-13-22(31-15-23(18)33-27(19)35)26-20(29)9-8-10-24(26)37-5/h8-10,13-15,32H,6-7,11-12H2,1-5H3,(H,30,36)(H,33,35)/b19-14-. The number of ether oxygens (including phenoxy) is 1. The maximum Gasteiger partial charge on any atom is 0.256 e. The number of rotatable bonds is 9. The summed E-state index contributed by atoms with van der Waals surface area (Å²) in [5, 5.41) is 5.81. The van der Waals surface area contributed by atoms with E-state index in [2.05, 4.69) is 39.3 Å². The predicted octanol–water partition coefficient (Wildman–Crippen LogP) is 4.41. The second kappa shape index (κ2) is 11.0. The highest BCUT2D eigenvalue weighted by Gasteiger charge is 2.27. The summed E-state index contributed by atoms with van der Waals surface area (Å²) in [5.41, 5.74) is 4.79. The normalized spacial score (nSPS) is 13.7. The number of likely N-dealkylation sites (N-methyl/N-ethyl adjacent to an activating group) is 1. The van der Waals surface area contributed by atoms with Crippen molar-refractivity contribution in [2.45, 2.75) is 27.7 Å². The molecule has 0 fully saturated rings. The highest BCUT2D eigenvalue weighted by molar-refractivity contribution is 6.35. The molecular formula is C28H32FN5O3. The van der Waals surface area contributed by atoms with E-state index in [-0.39, 0.29) is 17.4 Å². The average Bonchev–Trinajstić information content (AvgIpc) is 3.35. The van der Waals surface area contributed by atoms with Crippen molar-refractivity contribution in [2.24, 2.45) is 0 Å². The summed E-state index contributed by atoms with van der Waals surface area (Å²) in [4.78, 5) is 35.7. The molecule has 0 saturated carbocycles. The number of amides is 2. The first kappa shape index (κ1) is 26.1. The lowest BCUT2D eigenvalue weighted by atomic mass is 10.0. The van der Waals surface area contributed by atoms with Gasteiger partial charge in [-0.3, -0.25) is 14.6 Å². The van der Waals surface area contributed by atoms with Crippen LogP contribution in [0, 0.1) is 19.7 Å². The molecule has 3 heterocycles. The Bertz CT molecular complexity index is 1370. The number of aromatic amines is 1. The van der Waals surface area contributed by atoms with Crippen LogP contribution in [0.15, 0.2) is 30.5 Å². The minimum Gasteiger partial charge on any atom is -0.496 e. The summed E-state index contributed by atoms with van der Waals surface area (Å²) in [7, 11) is 1.47. The Morgan fingerprint density at radius 1 is 1.24 bits per heavy atom. The van der Waals surface area contributed by atoms with Gasteiger partial charge in [-0.1, -0.05) is 19.9 Å². The number of nitrogens with zero attached hydrogens (tertiary/aromatic N) is 2. The molecule has 1 aromatic carbocycles. The number of carbonyl (C=O) groups is 2. The molecular weight excluding hydrogens is 473 g/mol. The molecule has 0 atom stereocenters. The van der Waals surface area contributed by atoms with Crippen molar-refractivity contribution in [3.63, 3.8) is 0 Å². The molecule has 0 radical (unpaired) electrons. The number of carbonyl (C=O) groups excluding carboxylic acids is 2. The summed E-state index contributed by atoms with van der Waals surface area (Å²) in [6, 6.07) is 6.24. The number of pyridine rings is 1. The van der Waals surface area contributed by atoms with Crippen LogP contribution in [0.25, 0.3) is 22.9 Å². The van der Waals surface area contributed by atoms with Gasteiger partial charge in [0.15, 0.2) is 0 Å². The van der Waals surface area contributed by atoms with Crippen molar-refractivity contribution in [1.82, 2.24) is 20.2 Å². The zero-order valence-electron chi connectivity index (χ0n) is 21.8. The zero-order chi connectivity index (χ0) is 26.7. The van der Waals surface area contributed by atoms with E-state index in [1.165, 1.54) is 19.4 Å². The van der Waals surface area contributed by atoms with Crippen molar-refractivity contribution in [2.75, 3.05) is 38.6 Å². The highest BCUT2D eigenvalue weighted by atomic mass is 19.1. The van der Waals surface area contributed by atoms with Gasteiger partial charge in [0.25, 0.3) is 11.8 Å². The van der Waals surface area contributed by atoms with Gasteiger partial charge >= 0.3 is 0 Å². The molecule has 0 saturated heterocycles. The van der Waals surface area contributed by atoms with E-state index in [0.29, 0.717) is 46.1 Å². The number of halogens is 1. The van der Waals surface area contributed by atoms with Crippen molar-refractivity contribution < 1.29 is 18.7 Å². The number of anilines is 1. The van der Waals surface area contributed by atoms with E-state index < -0.39 is 5.82 Å². The number of fused-ring (bicyclic) bond motifs is 1. The van der Waals surface area contributed by atoms with Gasteiger partial charge in [0.1, 0.15) is 11.6 Å². The van der Waals surface area contributed by atoms with Gasteiger partial charge < -0.3 is 25.3 Å². The number of hydrogen-bond donors (Lipinski definition) is 3. The van der Waals surface area contributed by atoms with Gasteiger partial charge in [0, 0.05) is 30.0 Å². The summed E-state index contributed by atoms with van der Waals surface area (Å²) >= 11 is 0. The number of aryl methyl sites for hydroxylation is 1. The monoisotopic (exact) mass is 505 g/mol. The van der Waals surface area contributed by atoms with E-state index in [9.17, 15) is 14.0 Å². The summed E-state index contributed by atoms with van der Waals surface area (Å²) in [6.45, 7) is 11.1. The summed E-state index contributed by atoms with van der Waals surface area (Å²) in [5.74, 6) is -0.575. The third kappa shape index (κ3) is 5.13. The average molecular weight is 506 g/mol. The molecule has 1 aliphatic rings. The molecule has 1 aliphatic heterocycles. The second-order valence-electron chi connectivity index (χ2n) is 8.89. The van der Waals surface area contributed by atoms with Crippen molar-refractivity contribution in [3.8, 4) is 17.0 Å². The van der Waals surface area contributed by atoms with Gasteiger partial charge in [-0.2, -0.15) is 0 Å². The Hall–Kier alpha value is -3.98. The molecule has 194 valence electrons. The molecule has 0 aliphatic carbocycles. The summed E-state index contributed by atoms with van der Waals surface area (Å²) < 4.78 is 20.0. The van der Waals surface area contributed by atoms with Gasteiger partial charge in [-0.05, 0) is 56.8 Å². The molecule has 3 aromatic rings.